The van der Waals surface area contributed by atoms with Crippen LogP contribution in [0.15, 0.2) is 72.8 Å². The van der Waals surface area contributed by atoms with Gasteiger partial charge in [-0.15, -0.1) is 0 Å². The summed E-state index contributed by atoms with van der Waals surface area (Å²) in [6, 6.07) is 23.3. The van der Waals surface area contributed by atoms with E-state index in [1.165, 1.54) is 22.3 Å². The highest BCUT2D eigenvalue weighted by Crippen LogP contribution is 2.44. The predicted octanol–water partition coefficient (Wildman–Crippen LogP) is 5.28. The number of hydrogen-bond acceptors (Lipinski definition) is 5. The highest BCUT2D eigenvalue weighted by Gasteiger charge is 2.51. The van der Waals surface area contributed by atoms with Crippen molar-refractivity contribution in [3.05, 3.63) is 83.9 Å². The monoisotopic (exact) mass is 568 g/mol. The van der Waals surface area contributed by atoms with E-state index in [4.69, 9.17) is 14.0 Å². The Kier molecular flexibility index (Phi) is 8.34. The Balaban J connectivity index is 1.18. The van der Waals surface area contributed by atoms with E-state index < -0.39 is 30.5 Å². The lowest BCUT2D eigenvalue weighted by molar-refractivity contribution is -0.138. The van der Waals surface area contributed by atoms with Crippen LogP contribution in [0.1, 0.15) is 65.5 Å². The summed E-state index contributed by atoms with van der Waals surface area (Å²) in [4.78, 5) is 26.3. The van der Waals surface area contributed by atoms with Gasteiger partial charge in [-0.05, 0) is 80.4 Å². The van der Waals surface area contributed by atoms with Crippen molar-refractivity contribution < 1.29 is 23.6 Å². The number of ether oxygens (including phenoxy) is 1. The number of carbonyl (C=O) groups excluding carboxylic acids is 2. The van der Waals surface area contributed by atoms with Crippen LogP contribution >= 0.6 is 0 Å². The van der Waals surface area contributed by atoms with Gasteiger partial charge in [0.25, 0.3) is 0 Å². The van der Waals surface area contributed by atoms with Gasteiger partial charge in [-0.1, -0.05) is 74.5 Å². The van der Waals surface area contributed by atoms with E-state index in [0.29, 0.717) is 12.3 Å². The highest BCUT2D eigenvalue weighted by molar-refractivity contribution is 6.62. The van der Waals surface area contributed by atoms with Crippen molar-refractivity contribution in [1.82, 2.24) is 5.32 Å². The molecule has 2 aliphatic rings. The molecule has 0 aromatic heterocycles. The molecule has 8 heteroatoms. The first-order valence-electron chi connectivity index (χ1n) is 14.7. The Morgan fingerprint density at radius 2 is 1.33 bits per heavy atom. The van der Waals surface area contributed by atoms with Crippen molar-refractivity contribution >= 4 is 30.1 Å². The fraction of sp³-hybridized carbons (Fsp3) is 0.412. The molecule has 1 fully saturated rings. The van der Waals surface area contributed by atoms with Gasteiger partial charge in [-0.25, -0.2) is 0 Å². The SMILES string of the molecule is CC(C)[C@H](OCC1c2ccccc2-c2ccccc21)C(=O)N[C@@H](C)C(=O)Nc1ccc(B2OC(C)(C)C(C)(C)O2)cc1. The minimum Gasteiger partial charge on any atom is -0.399 e. The topological polar surface area (TPSA) is 85.9 Å². The van der Waals surface area contributed by atoms with E-state index in [1.807, 2.05) is 90.1 Å². The van der Waals surface area contributed by atoms with Crippen LogP contribution < -0.4 is 16.1 Å². The Morgan fingerprint density at radius 3 is 1.86 bits per heavy atom. The van der Waals surface area contributed by atoms with Crippen LogP contribution in [0.25, 0.3) is 11.1 Å². The second kappa shape index (κ2) is 11.7. The summed E-state index contributed by atoms with van der Waals surface area (Å²) in [5.74, 6) is -0.641. The third kappa shape index (κ3) is 5.89. The molecule has 0 spiro atoms. The van der Waals surface area contributed by atoms with E-state index in [1.54, 1.807) is 6.92 Å². The molecule has 1 saturated heterocycles. The maximum absolute atomic E-state index is 13.3. The molecule has 0 unspecified atom stereocenters. The highest BCUT2D eigenvalue weighted by atomic mass is 16.7. The van der Waals surface area contributed by atoms with E-state index in [0.717, 1.165) is 5.46 Å². The molecule has 42 heavy (non-hydrogen) atoms. The van der Waals surface area contributed by atoms with Crippen LogP contribution in [-0.4, -0.2) is 48.9 Å². The number of hydrogen-bond donors (Lipinski definition) is 2. The molecule has 2 amide bonds. The summed E-state index contributed by atoms with van der Waals surface area (Å²) >= 11 is 0. The van der Waals surface area contributed by atoms with Gasteiger partial charge in [0.05, 0.1) is 17.8 Å². The number of anilines is 1. The van der Waals surface area contributed by atoms with Crippen molar-refractivity contribution in [2.45, 2.75) is 77.7 Å². The standard InChI is InChI=1S/C34H41BN2O5/c1-21(2)30(40-20-29-27-14-10-8-12-25(27)26-13-9-11-15-28(26)29)32(39)36-22(3)31(38)37-24-18-16-23(17-19-24)35-41-33(4,5)34(6,7)42-35/h8-19,21-22,29-30H,20H2,1-7H3,(H,36,39)(H,37,38)/t22-,30-/m0/s1. The molecule has 2 atom stereocenters. The zero-order valence-electron chi connectivity index (χ0n) is 25.6. The summed E-state index contributed by atoms with van der Waals surface area (Å²) in [6.45, 7) is 14.0. The quantitative estimate of drug-likeness (QED) is 0.343. The molecule has 1 heterocycles. The molecule has 7 nitrogen and oxygen atoms in total. The smallest absolute Gasteiger partial charge is 0.399 e. The van der Waals surface area contributed by atoms with Gasteiger partial charge in [0.1, 0.15) is 12.1 Å². The van der Waals surface area contributed by atoms with Crippen LogP contribution in [0, 0.1) is 5.92 Å². The largest absolute Gasteiger partial charge is 0.494 e. The average molecular weight is 569 g/mol. The number of carbonyl (C=O) groups is 2. The number of amides is 2. The van der Waals surface area contributed by atoms with Crippen LogP contribution in [0.4, 0.5) is 5.69 Å². The first-order valence-corrected chi connectivity index (χ1v) is 14.7. The fourth-order valence-corrected chi connectivity index (χ4v) is 5.52. The fourth-order valence-electron chi connectivity index (χ4n) is 5.52. The first-order chi connectivity index (χ1) is 19.9. The van der Waals surface area contributed by atoms with Crippen LogP contribution in [0.5, 0.6) is 0 Å². The van der Waals surface area contributed by atoms with Gasteiger partial charge in [-0.2, -0.15) is 0 Å². The molecule has 0 radical (unpaired) electrons. The molecule has 2 N–H and O–H groups in total. The third-order valence-electron chi connectivity index (χ3n) is 8.72. The van der Waals surface area contributed by atoms with Gasteiger partial charge in [0.2, 0.25) is 11.8 Å². The molecule has 5 rings (SSSR count). The van der Waals surface area contributed by atoms with Gasteiger partial charge in [0.15, 0.2) is 0 Å². The van der Waals surface area contributed by atoms with Crippen molar-refractivity contribution in [2.75, 3.05) is 11.9 Å². The lowest BCUT2D eigenvalue weighted by Crippen LogP contribution is -2.48. The minimum atomic E-state index is -0.752. The molecule has 0 saturated carbocycles. The van der Waals surface area contributed by atoms with E-state index >= 15 is 0 Å². The molecular formula is C34H41BN2O5. The van der Waals surface area contributed by atoms with Crippen LogP contribution in [0.2, 0.25) is 0 Å². The predicted molar refractivity (Wildman–Crippen MR) is 167 cm³/mol. The van der Waals surface area contributed by atoms with Crippen LogP contribution in [-0.2, 0) is 23.6 Å². The van der Waals surface area contributed by atoms with Gasteiger partial charge >= 0.3 is 7.12 Å². The Labute approximate surface area is 249 Å². The van der Waals surface area contributed by atoms with Gasteiger partial charge < -0.3 is 24.7 Å². The molecular weight excluding hydrogens is 527 g/mol. The molecule has 3 aromatic carbocycles. The molecule has 1 aliphatic heterocycles. The average Bonchev–Trinajstić information content (AvgIpc) is 3.38. The minimum absolute atomic E-state index is 0.0484. The molecule has 3 aromatic rings. The molecule has 220 valence electrons. The molecule has 0 bridgehead atoms. The number of fused-ring (bicyclic) bond motifs is 3. The zero-order valence-corrected chi connectivity index (χ0v) is 25.6. The summed E-state index contributed by atoms with van der Waals surface area (Å²) in [7, 11) is -0.475. The lowest BCUT2D eigenvalue weighted by atomic mass is 9.79. The number of benzene rings is 3. The zero-order chi connectivity index (χ0) is 30.2. The van der Waals surface area contributed by atoms with E-state index in [2.05, 4.69) is 34.9 Å². The first kappa shape index (κ1) is 30.0. The van der Waals surface area contributed by atoms with Crippen LogP contribution in [0.3, 0.4) is 0 Å². The Morgan fingerprint density at radius 1 is 0.810 bits per heavy atom. The third-order valence-corrected chi connectivity index (χ3v) is 8.72. The Hall–Kier alpha value is -3.46. The summed E-state index contributed by atoms with van der Waals surface area (Å²) in [5, 5.41) is 5.74. The summed E-state index contributed by atoms with van der Waals surface area (Å²) < 4.78 is 18.5. The van der Waals surface area contributed by atoms with E-state index in [9.17, 15) is 9.59 Å². The van der Waals surface area contributed by atoms with Crippen molar-refractivity contribution in [2.24, 2.45) is 5.92 Å². The van der Waals surface area contributed by atoms with Crippen molar-refractivity contribution in [3.63, 3.8) is 0 Å². The second-order valence-electron chi connectivity index (χ2n) is 12.7. The van der Waals surface area contributed by atoms with Gasteiger partial charge in [-0.3, -0.25) is 9.59 Å². The Bertz CT molecular complexity index is 1390. The number of nitrogens with one attached hydrogen (secondary N) is 2. The van der Waals surface area contributed by atoms with E-state index in [-0.39, 0.29) is 23.7 Å². The second-order valence-corrected chi connectivity index (χ2v) is 12.7. The summed E-state index contributed by atoms with van der Waals surface area (Å²) in [6.07, 6.45) is -0.695. The van der Waals surface area contributed by atoms with Crippen molar-refractivity contribution in [3.8, 4) is 11.1 Å². The lowest BCUT2D eigenvalue weighted by Gasteiger charge is -2.32. The normalized spacial score (nSPS) is 18.3. The molecule has 1 aliphatic carbocycles. The summed E-state index contributed by atoms with van der Waals surface area (Å²) in [5.41, 5.74) is 5.47. The number of rotatable bonds is 9. The maximum atomic E-state index is 13.3. The van der Waals surface area contributed by atoms with Crippen molar-refractivity contribution in [1.29, 1.82) is 0 Å². The van der Waals surface area contributed by atoms with Gasteiger partial charge in [0, 0.05) is 11.6 Å². The maximum Gasteiger partial charge on any atom is 0.494 e.